The molecule has 0 saturated heterocycles. The van der Waals surface area contributed by atoms with Crippen molar-refractivity contribution in [1.29, 1.82) is 0 Å². The fourth-order valence-electron chi connectivity index (χ4n) is 4.30. The highest BCUT2D eigenvalue weighted by Gasteiger charge is 2.25. The number of hydrogen-bond donors (Lipinski definition) is 0. The lowest BCUT2D eigenvalue weighted by atomic mass is 9.79. The molecule has 2 saturated carbocycles. The summed E-state index contributed by atoms with van der Waals surface area (Å²) in [6, 6.07) is 0. The molecular formula is C18H32. The molecule has 2 rings (SSSR count). The highest BCUT2D eigenvalue weighted by atomic mass is 14.3. The third-order valence-corrected chi connectivity index (χ3v) is 5.55. The van der Waals surface area contributed by atoms with Crippen LogP contribution in [0.25, 0.3) is 0 Å². The highest BCUT2D eigenvalue weighted by Crippen LogP contribution is 2.39. The van der Waals surface area contributed by atoms with Gasteiger partial charge in [-0.2, -0.15) is 0 Å². The maximum atomic E-state index is 3.94. The third kappa shape index (κ3) is 4.14. The van der Waals surface area contributed by atoms with Crippen LogP contribution in [0.2, 0.25) is 0 Å². The van der Waals surface area contributed by atoms with Gasteiger partial charge < -0.3 is 0 Å². The Morgan fingerprint density at radius 2 is 1.39 bits per heavy atom. The zero-order valence-corrected chi connectivity index (χ0v) is 12.4. The second kappa shape index (κ2) is 7.36. The summed E-state index contributed by atoms with van der Waals surface area (Å²) < 4.78 is 0. The van der Waals surface area contributed by atoms with Crippen LogP contribution in [0.3, 0.4) is 0 Å². The Morgan fingerprint density at radius 1 is 0.833 bits per heavy atom. The zero-order valence-electron chi connectivity index (χ0n) is 12.4. The van der Waals surface area contributed by atoms with Crippen molar-refractivity contribution >= 4 is 0 Å². The van der Waals surface area contributed by atoms with E-state index in [1.165, 1.54) is 64.2 Å². The molecule has 0 aromatic rings. The predicted octanol–water partition coefficient (Wildman–Crippen LogP) is 5.98. The van der Waals surface area contributed by atoms with Crippen LogP contribution in [0, 0.1) is 23.7 Å². The van der Waals surface area contributed by atoms with E-state index >= 15 is 0 Å². The van der Waals surface area contributed by atoms with E-state index in [2.05, 4.69) is 19.6 Å². The monoisotopic (exact) mass is 248 g/mol. The summed E-state index contributed by atoms with van der Waals surface area (Å²) in [6.07, 6.45) is 18.5. The molecule has 2 unspecified atom stereocenters. The molecule has 18 heavy (non-hydrogen) atoms. The van der Waals surface area contributed by atoms with Gasteiger partial charge in [-0.1, -0.05) is 51.5 Å². The molecule has 2 fully saturated rings. The molecule has 2 atom stereocenters. The Kier molecular flexibility index (Phi) is 5.79. The molecule has 0 N–H and O–H groups in total. The molecule has 0 aliphatic heterocycles. The first-order valence-electron chi connectivity index (χ1n) is 8.44. The Labute approximate surface area is 114 Å². The van der Waals surface area contributed by atoms with E-state index in [1.54, 1.807) is 6.42 Å². The van der Waals surface area contributed by atoms with E-state index in [4.69, 9.17) is 0 Å². The van der Waals surface area contributed by atoms with E-state index in [9.17, 15) is 0 Å². The van der Waals surface area contributed by atoms with Gasteiger partial charge in [0.15, 0.2) is 0 Å². The van der Waals surface area contributed by atoms with Gasteiger partial charge >= 0.3 is 0 Å². The molecule has 0 nitrogen and oxygen atoms in total. The van der Waals surface area contributed by atoms with E-state index in [0.29, 0.717) is 0 Å². The summed E-state index contributed by atoms with van der Waals surface area (Å²) in [5, 5.41) is 0. The molecule has 0 radical (unpaired) electrons. The summed E-state index contributed by atoms with van der Waals surface area (Å²) >= 11 is 0. The van der Waals surface area contributed by atoms with Crippen LogP contribution >= 0.6 is 0 Å². The third-order valence-electron chi connectivity index (χ3n) is 5.55. The molecule has 0 aromatic carbocycles. The van der Waals surface area contributed by atoms with Crippen LogP contribution in [0.4, 0.5) is 0 Å². The lowest BCUT2D eigenvalue weighted by Gasteiger charge is -2.27. The van der Waals surface area contributed by atoms with Crippen molar-refractivity contribution in [2.45, 2.75) is 77.6 Å². The van der Waals surface area contributed by atoms with Crippen LogP contribution in [-0.2, 0) is 0 Å². The van der Waals surface area contributed by atoms with Crippen molar-refractivity contribution in [3.63, 3.8) is 0 Å². The minimum atomic E-state index is 0.835. The van der Waals surface area contributed by atoms with E-state index in [-0.39, 0.29) is 0 Å². The average molecular weight is 248 g/mol. The molecule has 0 bridgehead atoms. The van der Waals surface area contributed by atoms with Crippen molar-refractivity contribution in [1.82, 2.24) is 0 Å². The van der Waals surface area contributed by atoms with Gasteiger partial charge in [0.05, 0.1) is 0 Å². The van der Waals surface area contributed by atoms with Crippen molar-refractivity contribution in [2.75, 3.05) is 0 Å². The molecule has 0 heteroatoms. The molecule has 2 aliphatic rings. The minimum absolute atomic E-state index is 0.835. The van der Waals surface area contributed by atoms with Crippen molar-refractivity contribution < 1.29 is 0 Å². The van der Waals surface area contributed by atoms with Crippen LogP contribution in [0.15, 0.2) is 12.7 Å². The molecule has 104 valence electrons. The van der Waals surface area contributed by atoms with Gasteiger partial charge in [-0.05, 0) is 55.8 Å². The fourth-order valence-corrected chi connectivity index (χ4v) is 4.30. The molecule has 0 spiro atoms. The van der Waals surface area contributed by atoms with Crippen LogP contribution in [-0.4, -0.2) is 0 Å². The number of rotatable bonds is 6. The topological polar surface area (TPSA) is 0 Å². The fraction of sp³-hybridized carbons (Fsp3) is 0.889. The maximum absolute atomic E-state index is 3.94. The van der Waals surface area contributed by atoms with Crippen molar-refractivity contribution in [3.05, 3.63) is 12.7 Å². The zero-order chi connectivity index (χ0) is 12.8. The van der Waals surface area contributed by atoms with E-state index in [0.717, 1.165) is 23.7 Å². The number of hydrogen-bond acceptors (Lipinski definition) is 0. The Balaban J connectivity index is 1.60. The maximum Gasteiger partial charge on any atom is -0.0236 e. The quantitative estimate of drug-likeness (QED) is 0.508. The van der Waals surface area contributed by atoms with Crippen LogP contribution < -0.4 is 0 Å². The molecule has 0 amide bonds. The lowest BCUT2D eigenvalue weighted by Crippen LogP contribution is -2.13. The summed E-state index contributed by atoms with van der Waals surface area (Å²) in [6.45, 7) is 6.28. The average Bonchev–Trinajstić information content (AvgIpc) is 2.85. The minimum Gasteiger partial charge on any atom is -0.103 e. The summed E-state index contributed by atoms with van der Waals surface area (Å²) in [5.41, 5.74) is 0. The van der Waals surface area contributed by atoms with E-state index < -0.39 is 0 Å². The first kappa shape index (κ1) is 14.2. The standard InChI is InChI=1S/C18H32/c1-3-5-17-12-13-18(14-17)11-10-16-8-6-15(4-2)7-9-16/h4,15-18H,2-3,5-14H2,1H3. The lowest BCUT2D eigenvalue weighted by molar-refractivity contribution is 0.274. The van der Waals surface area contributed by atoms with Gasteiger partial charge in [-0.25, -0.2) is 0 Å². The SMILES string of the molecule is C=CC1CCC(CCC2CCC(CCC)C2)CC1. The molecular weight excluding hydrogens is 216 g/mol. The van der Waals surface area contributed by atoms with Gasteiger partial charge in [0.1, 0.15) is 0 Å². The van der Waals surface area contributed by atoms with Crippen LogP contribution in [0.5, 0.6) is 0 Å². The van der Waals surface area contributed by atoms with Gasteiger partial charge in [0.2, 0.25) is 0 Å². The van der Waals surface area contributed by atoms with Gasteiger partial charge in [0.25, 0.3) is 0 Å². The first-order valence-corrected chi connectivity index (χ1v) is 8.44. The first-order chi connectivity index (χ1) is 8.81. The predicted molar refractivity (Wildman–Crippen MR) is 80.6 cm³/mol. The Hall–Kier alpha value is -0.260. The largest absolute Gasteiger partial charge is 0.103 e. The highest BCUT2D eigenvalue weighted by molar-refractivity contribution is 4.84. The number of allylic oxidation sites excluding steroid dienone is 1. The van der Waals surface area contributed by atoms with Gasteiger partial charge in [0, 0.05) is 0 Å². The molecule has 2 aliphatic carbocycles. The van der Waals surface area contributed by atoms with Crippen molar-refractivity contribution in [2.24, 2.45) is 23.7 Å². The van der Waals surface area contributed by atoms with Gasteiger partial charge in [-0.15, -0.1) is 6.58 Å². The summed E-state index contributed by atoms with van der Waals surface area (Å²) in [7, 11) is 0. The summed E-state index contributed by atoms with van der Waals surface area (Å²) in [4.78, 5) is 0. The Bertz CT molecular complexity index is 234. The second-order valence-corrected chi connectivity index (χ2v) is 6.93. The van der Waals surface area contributed by atoms with Crippen LogP contribution in [0.1, 0.15) is 77.6 Å². The van der Waals surface area contributed by atoms with E-state index in [1.807, 2.05) is 0 Å². The smallest absolute Gasteiger partial charge is 0.0236 e. The Morgan fingerprint density at radius 3 is 2.00 bits per heavy atom. The molecule has 0 heterocycles. The molecule has 0 aromatic heterocycles. The van der Waals surface area contributed by atoms with Gasteiger partial charge in [-0.3, -0.25) is 0 Å². The summed E-state index contributed by atoms with van der Waals surface area (Å²) in [5.74, 6) is 4.04. The second-order valence-electron chi connectivity index (χ2n) is 6.93. The normalized spacial score (nSPS) is 36.7. The van der Waals surface area contributed by atoms with Crippen molar-refractivity contribution in [3.8, 4) is 0 Å².